The first kappa shape index (κ1) is 15.0. The highest BCUT2D eigenvalue weighted by atomic mass is 28.4. The lowest BCUT2D eigenvalue weighted by molar-refractivity contribution is -0.248. The summed E-state index contributed by atoms with van der Waals surface area (Å²) < 4.78 is 9.37. The molecule has 2 N–H and O–H groups in total. The van der Waals surface area contributed by atoms with E-state index in [1.807, 2.05) is 6.92 Å². The third-order valence-electron chi connectivity index (χ3n) is 2.10. The summed E-state index contributed by atoms with van der Waals surface area (Å²) in [5.41, 5.74) is 0. The van der Waals surface area contributed by atoms with E-state index in [9.17, 15) is 9.59 Å². The smallest absolute Gasteiger partial charge is 0.366 e. The quantitative estimate of drug-likeness (QED) is 0.275. The second-order valence-corrected chi connectivity index (χ2v) is 4.94. The topological polar surface area (TPSA) is 68.2 Å². The SMILES string of the molecule is CCCCCC(CC)O[Si](O)(O)OOC. The predicted octanol–water partition coefficient (Wildman–Crippen LogP) is 1.36. The summed E-state index contributed by atoms with van der Waals surface area (Å²) >= 11 is 0. The van der Waals surface area contributed by atoms with Crippen LogP contribution in [-0.2, 0) is 13.9 Å². The zero-order chi connectivity index (χ0) is 11.7. The molecule has 1 atom stereocenters. The minimum Gasteiger partial charge on any atom is -0.366 e. The van der Waals surface area contributed by atoms with Gasteiger partial charge < -0.3 is 14.0 Å². The van der Waals surface area contributed by atoms with Crippen LogP contribution in [0.5, 0.6) is 0 Å². The molecule has 15 heavy (non-hydrogen) atoms. The van der Waals surface area contributed by atoms with E-state index in [-0.39, 0.29) is 6.10 Å². The number of hydrogen-bond donors (Lipinski definition) is 2. The molecule has 0 heterocycles. The number of hydrogen-bond acceptors (Lipinski definition) is 5. The zero-order valence-electron chi connectivity index (χ0n) is 9.73. The van der Waals surface area contributed by atoms with E-state index in [2.05, 4.69) is 16.4 Å². The van der Waals surface area contributed by atoms with Crippen molar-refractivity contribution in [2.75, 3.05) is 7.11 Å². The van der Waals surface area contributed by atoms with Crippen molar-refractivity contribution in [3.05, 3.63) is 0 Å². The predicted molar refractivity (Wildman–Crippen MR) is 57.6 cm³/mol. The fraction of sp³-hybridized carbons (Fsp3) is 1.00. The van der Waals surface area contributed by atoms with Crippen molar-refractivity contribution in [3.8, 4) is 0 Å². The summed E-state index contributed by atoms with van der Waals surface area (Å²) in [5.74, 6) is 0. The molecule has 0 fully saturated rings. The average molecular weight is 238 g/mol. The Hall–Kier alpha value is 0.0169. The first-order valence-corrected chi connectivity index (χ1v) is 7.11. The minimum absolute atomic E-state index is 0.173. The molecular formula is C9H22O5Si. The van der Waals surface area contributed by atoms with Crippen LogP contribution < -0.4 is 0 Å². The molecule has 0 aliphatic carbocycles. The fourth-order valence-corrected chi connectivity index (χ4v) is 2.29. The van der Waals surface area contributed by atoms with E-state index in [1.165, 1.54) is 7.11 Å². The van der Waals surface area contributed by atoms with Gasteiger partial charge in [-0.15, -0.1) is 0 Å². The molecule has 0 aromatic rings. The molecule has 0 saturated heterocycles. The maximum atomic E-state index is 9.30. The van der Waals surface area contributed by atoms with E-state index in [0.29, 0.717) is 0 Å². The summed E-state index contributed by atoms with van der Waals surface area (Å²) in [6.45, 7) is 4.06. The summed E-state index contributed by atoms with van der Waals surface area (Å²) in [7, 11) is -2.85. The summed E-state index contributed by atoms with van der Waals surface area (Å²) in [6, 6.07) is 0. The van der Waals surface area contributed by atoms with Crippen molar-refractivity contribution < 1.29 is 23.5 Å². The van der Waals surface area contributed by atoms with E-state index < -0.39 is 9.05 Å². The van der Waals surface area contributed by atoms with E-state index in [1.54, 1.807) is 0 Å². The Morgan fingerprint density at radius 1 is 1.20 bits per heavy atom. The third-order valence-corrected chi connectivity index (χ3v) is 3.12. The first-order valence-electron chi connectivity index (χ1n) is 5.40. The highest BCUT2D eigenvalue weighted by molar-refractivity contribution is 6.50. The molecule has 1 unspecified atom stereocenters. The van der Waals surface area contributed by atoms with Gasteiger partial charge in [0, 0.05) is 0 Å². The van der Waals surface area contributed by atoms with Gasteiger partial charge in [0.25, 0.3) is 0 Å². The third kappa shape index (κ3) is 7.89. The highest BCUT2D eigenvalue weighted by Gasteiger charge is 2.40. The Labute approximate surface area is 92.4 Å². The van der Waals surface area contributed by atoms with Gasteiger partial charge >= 0.3 is 9.05 Å². The van der Waals surface area contributed by atoms with Crippen molar-refractivity contribution in [1.82, 2.24) is 0 Å². The lowest BCUT2D eigenvalue weighted by Crippen LogP contribution is -2.45. The Morgan fingerprint density at radius 3 is 2.33 bits per heavy atom. The van der Waals surface area contributed by atoms with Crippen LogP contribution in [0.3, 0.4) is 0 Å². The summed E-state index contributed by atoms with van der Waals surface area (Å²) in [4.78, 5) is 22.8. The van der Waals surface area contributed by atoms with Crippen LogP contribution in [0.25, 0.3) is 0 Å². The molecule has 0 rings (SSSR count). The van der Waals surface area contributed by atoms with Gasteiger partial charge in [0.1, 0.15) is 0 Å². The summed E-state index contributed by atoms with van der Waals surface area (Å²) in [6.07, 6.45) is 4.64. The Morgan fingerprint density at radius 2 is 1.87 bits per heavy atom. The lowest BCUT2D eigenvalue weighted by atomic mass is 10.1. The monoisotopic (exact) mass is 238 g/mol. The van der Waals surface area contributed by atoms with Crippen LogP contribution in [0.1, 0.15) is 46.0 Å². The fourth-order valence-electron chi connectivity index (χ4n) is 1.31. The molecule has 0 aliphatic rings. The second kappa shape index (κ2) is 8.20. The van der Waals surface area contributed by atoms with Crippen molar-refractivity contribution in [2.24, 2.45) is 0 Å². The highest BCUT2D eigenvalue weighted by Crippen LogP contribution is 2.14. The second-order valence-electron chi connectivity index (χ2n) is 3.44. The Balaban J connectivity index is 3.85. The largest absolute Gasteiger partial charge is 0.702 e. The van der Waals surface area contributed by atoms with Crippen LogP contribution in [0, 0.1) is 0 Å². The molecule has 92 valence electrons. The van der Waals surface area contributed by atoms with Gasteiger partial charge in [-0.25, -0.2) is 4.89 Å². The van der Waals surface area contributed by atoms with Gasteiger partial charge in [0.15, 0.2) is 0 Å². The van der Waals surface area contributed by atoms with Gasteiger partial charge in [-0.2, -0.15) is 4.58 Å². The van der Waals surface area contributed by atoms with Crippen LogP contribution in [-0.4, -0.2) is 31.9 Å². The standard InChI is InChI=1S/C9H22O5Si/c1-4-6-7-8-9(5-2)13-15(10,11)14-12-3/h9-11H,4-8H2,1-3H3. The van der Waals surface area contributed by atoms with Gasteiger partial charge in [-0.05, 0) is 12.8 Å². The molecule has 0 amide bonds. The van der Waals surface area contributed by atoms with Crippen LogP contribution in [0.4, 0.5) is 0 Å². The van der Waals surface area contributed by atoms with E-state index in [4.69, 9.17) is 4.43 Å². The first-order chi connectivity index (χ1) is 7.05. The zero-order valence-corrected chi connectivity index (χ0v) is 10.7. The van der Waals surface area contributed by atoms with Crippen LogP contribution >= 0.6 is 0 Å². The van der Waals surface area contributed by atoms with E-state index >= 15 is 0 Å². The Bertz CT molecular complexity index is 153. The van der Waals surface area contributed by atoms with Crippen molar-refractivity contribution in [2.45, 2.75) is 52.1 Å². The minimum atomic E-state index is -4.07. The number of unbranched alkanes of at least 4 members (excludes halogenated alkanes) is 2. The van der Waals surface area contributed by atoms with Crippen molar-refractivity contribution in [1.29, 1.82) is 0 Å². The van der Waals surface area contributed by atoms with Crippen LogP contribution in [0.2, 0.25) is 0 Å². The van der Waals surface area contributed by atoms with E-state index in [0.717, 1.165) is 32.1 Å². The maximum Gasteiger partial charge on any atom is 0.702 e. The molecule has 5 nitrogen and oxygen atoms in total. The number of rotatable bonds is 9. The molecule has 0 aromatic heterocycles. The molecule has 0 spiro atoms. The van der Waals surface area contributed by atoms with Gasteiger partial charge in [-0.3, -0.25) is 0 Å². The molecule has 0 aromatic carbocycles. The molecule has 0 radical (unpaired) electrons. The van der Waals surface area contributed by atoms with Gasteiger partial charge in [0.05, 0.1) is 13.2 Å². The Kier molecular flexibility index (Phi) is 8.21. The van der Waals surface area contributed by atoms with Gasteiger partial charge in [0.2, 0.25) is 0 Å². The van der Waals surface area contributed by atoms with Gasteiger partial charge in [-0.1, -0.05) is 33.1 Å². The molecule has 6 heteroatoms. The lowest BCUT2D eigenvalue weighted by Gasteiger charge is -2.21. The molecular weight excluding hydrogens is 216 g/mol. The molecule has 0 saturated carbocycles. The maximum absolute atomic E-state index is 9.30. The van der Waals surface area contributed by atoms with Crippen LogP contribution in [0.15, 0.2) is 0 Å². The average Bonchev–Trinajstić information content (AvgIpc) is 2.16. The molecule has 0 aliphatic heterocycles. The molecule has 0 bridgehead atoms. The summed E-state index contributed by atoms with van der Waals surface area (Å²) in [5, 5.41) is 0. The van der Waals surface area contributed by atoms with Crippen molar-refractivity contribution in [3.63, 3.8) is 0 Å². The van der Waals surface area contributed by atoms with Crippen molar-refractivity contribution >= 4 is 9.05 Å². The normalized spacial score (nSPS) is 14.2.